The van der Waals surface area contributed by atoms with E-state index >= 15 is 0 Å². The van der Waals surface area contributed by atoms with Crippen molar-refractivity contribution in [2.75, 3.05) is 19.7 Å². The van der Waals surface area contributed by atoms with Gasteiger partial charge in [-0.05, 0) is 36.1 Å². The van der Waals surface area contributed by atoms with Crippen LogP contribution >= 0.6 is 0 Å². The summed E-state index contributed by atoms with van der Waals surface area (Å²) in [5.74, 6) is -0.971. The molecule has 176 valence electrons. The van der Waals surface area contributed by atoms with Crippen LogP contribution in [0.15, 0.2) is 84.9 Å². The van der Waals surface area contributed by atoms with Crippen LogP contribution in [0.25, 0.3) is 0 Å². The van der Waals surface area contributed by atoms with E-state index in [0.717, 1.165) is 12.0 Å². The highest BCUT2D eigenvalue weighted by Crippen LogP contribution is 2.27. The molecule has 3 aromatic carbocycles. The van der Waals surface area contributed by atoms with Crippen LogP contribution in [0.2, 0.25) is 0 Å². The van der Waals surface area contributed by atoms with Crippen molar-refractivity contribution in [1.29, 1.82) is 0 Å². The van der Waals surface area contributed by atoms with Gasteiger partial charge in [-0.1, -0.05) is 78.9 Å². The van der Waals surface area contributed by atoms with Crippen LogP contribution in [-0.2, 0) is 14.3 Å². The van der Waals surface area contributed by atoms with Crippen molar-refractivity contribution in [3.8, 4) is 0 Å². The second-order valence-corrected chi connectivity index (χ2v) is 7.99. The molecule has 0 aromatic heterocycles. The summed E-state index contributed by atoms with van der Waals surface area (Å²) in [5.41, 5.74) is 3.80. The van der Waals surface area contributed by atoms with Crippen LogP contribution in [0.1, 0.15) is 45.8 Å². The lowest BCUT2D eigenvalue weighted by molar-refractivity contribution is -0.148. The smallest absolute Gasteiger partial charge is 0.308 e. The summed E-state index contributed by atoms with van der Waals surface area (Å²) in [6.45, 7) is 2.11. The molecular formula is C28H30N2O4. The highest BCUT2D eigenvalue weighted by molar-refractivity contribution is 5.95. The molecule has 0 saturated heterocycles. The first-order valence-corrected chi connectivity index (χ1v) is 11.4. The van der Waals surface area contributed by atoms with Crippen LogP contribution in [0, 0.1) is 6.92 Å². The number of nitrogens with one attached hydrogen (secondary N) is 2. The Morgan fingerprint density at radius 3 is 1.97 bits per heavy atom. The summed E-state index contributed by atoms with van der Waals surface area (Å²) in [6, 6.07) is 27.5. The second-order valence-electron chi connectivity index (χ2n) is 7.99. The van der Waals surface area contributed by atoms with Gasteiger partial charge in [-0.2, -0.15) is 0 Å². The van der Waals surface area contributed by atoms with E-state index in [9.17, 15) is 14.4 Å². The SMILES string of the molecule is Cc1ccccc1C(=O)NCCC(=O)OCC(=O)NCCC(c1ccccc1)c1ccccc1. The Labute approximate surface area is 200 Å². The molecule has 0 bridgehead atoms. The minimum atomic E-state index is -0.535. The van der Waals surface area contributed by atoms with Crippen LogP contribution in [0.3, 0.4) is 0 Å². The molecule has 0 heterocycles. The first-order valence-electron chi connectivity index (χ1n) is 11.4. The molecule has 0 unspecified atom stereocenters. The van der Waals surface area contributed by atoms with Crippen molar-refractivity contribution >= 4 is 17.8 Å². The zero-order chi connectivity index (χ0) is 24.2. The quantitative estimate of drug-likeness (QED) is 0.426. The Balaban J connectivity index is 1.37. The number of hydrogen-bond donors (Lipinski definition) is 2. The van der Waals surface area contributed by atoms with Gasteiger partial charge in [0.2, 0.25) is 0 Å². The zero-order valence-corrected chi connectivity index (χ0v) is 19.3. The molecule has 0 fully saturated rings. The van der Waals surface area contributed by atoms with Crippen molar-refractivity contribution in [3.63, 3.8) is 0 Å². The van der Waals surface area contributed by atoms with Crippen molar-refractivity contribution < 1.29 is 19.1 Å². The van der Waals surface area contributed by atoms with Gasteiger partial charge in [0.05, 0.1) is 6.42 Å². The standard InChI is InChI=1S/C28H30N2O4/c1-21-10-8-9-15-24(21)28(33)30-19-17-27(32)34-20-26(31)29-18-16-25(22-11-4-2-5-12-22)23-13-6-3-7-14-23/h2-15,25H,16-20H2,1H3,(H,29,31)(H,30,33). The van der Waals surface area contributed by atoms with Gasteiger partial charge in [-0.25, -0.2) is 0 Å². The maximum Gasteiger partial charge on any atom is 0.308 e. The number of amides is 2. The van der Waals surface area contributed by atoms with Crippen molar-refractivity contribution in [3.05, 3.63) is 107 Å². The van der Waals surface area contributed by atoms with Gasteiger partial charge >= 0.3 is 5.97 Å². The predicted molar refractivity (Wildman–Crippen MR) is 131 cm³/mol. The minimum absolute atomic E-state index is 0.00497. The lowest BCUT2D eigenvalue weighted by atomic mass is 9.88. The number of carbonyl (C=O) groups excluding carboxylic acids is 3. The Morgan fingerprint density at radius 1 is 0.765 bits per heavy atom. The fraction of sp³-hybridized carbons (Fsp3) is 0.250. The van der Waals surface area contributed by atoms with E-state index in [0.29, 0.717) is 12.1 Å². The van der Waals surface area contributed by atoms with Crippen LogP contribution < -0.4 is 10.6 Å². The summed E-state index contributed by atoms with van der Waals surface area (Å²) in [7, 11) is 0. The lowest BCUT2D eigenvalue weighted by Gasteiger charge is -2.18. The highest BCUT2D eigenvalue weighted by atomic mass is 16.5. The number of aryl methyl sites for hydroxylation is 1. The number of benzene rings is 3. The third kappa shape index (κ3) is 7.59. The number of carbonyl (C=O) groups is 3. The minimum Gasteiger partial charge on any atom is -0.456 e. The maximum atomic E-state index is 12.2. The van der Waals surface area contributed by atoms with Crippen molar-refractivity contribution in [1.82, 2.24) is 10.6 Å². The van der Waals surface area contributed by atoms with Gasteiger partial charge in [-0.15, -0.1) is 0 Å². The molecule has 2 amide bonds. The van der Waals surface area contributed by atoms with E-state index in [2.05, 4.69) is 34.9 Å². The summed E-state index contributed by atoms with van der Waals surface area (Å²) in [4.78, 5) is 36.2. The summed E-state index contributed by atoms with van der Waals surface area (Å²) in [5, 5.41) is 5.52. The Bertz CT molecular complexity index is 1040. The molecule has 0 spiro atoms. The van der Waals surface area contributed by atoms with Crippen LogP contribution in [0.4, 0.5) is 0 Å². The fourth-order valence-electron chi connectivity index (χ4n) is 3.72. The summed E-state index contributed by atoms with van der Waals surface area (Å²) < 4.78 is 5.04. The Kier molecular flexibility index (Phi) is 9.40. The average Bonchev–Trinajstić information content (AvgIpc) is 2.86. The molecule has 6 heteroatoms. The average molecular weight is 459 g/mol. The maximum absolute atomic E-state index is 12.2. The fourth-order valence-corrected chi connectivity index (χ4v) is 3.72. The van der Waals surface area contributed by atoms with E-state index in [1.807, 2.05) is 55.5 Å². The third-order valence-electron chi connectivity index (χ3n) is 5.53. The lowest BCUT2D eigenvalue weighted by Crippen LogP contribution is -2.31. The predicted octanol–water partition coefficient (Wildman–Crippen LogP) is 4.00. The molecule has 0 aliphatic carbocycles. The van der Waals surface area contributed by atoms with Crippen LogP contribution in [-0.4, -0.2) is 37.5 Å². The van der Waals surface area contributed by atoms with Crippen molar-refractivity contribution in [2.45, 2.75) is 25.7 Å². The third-order valence-corrected chi connectivity index (χ3v) is 5.53. The molecule has 2 N–H and O–H groups in total. The number of rotatable bonds is 11. The number of esters is 1. The molecule has 34 heavy (non-hydrogen) atoms. The van der Waals surface area contributed by atoms with Gasteiger partial charge in [-0.3, -0.25) is 14.4 Å². The zero-order valence-electron chi connectivity index (χ0n) is 19.3. The monoisotopic (exact) mass is 458 g/mol. The Hall–Kier alpha value is -3.93. The molecule has 0 saturated carbocycles. The van der Waals surface area contributed by atoms with E-state index in [1.54, 1.807) is 12.1 Å². The first kappa shape index (κ1) is 24.7. The highest BCUT2D eigenvalue weighted by Gasteiger charge is 2.15. The largest absolute Gasteiger partial charge is 0.456 e. The van der Waals surface area contributed by atoms with Crippen LogP contribution in [0.5, 0.6) is 0 Å². The first-order chi connectivity index (χ1) is 16.5. The topological polar surface area (TPSA) is 84.5 Å². The molecule has 3 rings (SSSR count). The second kappa shape index (κ2) is 12.9. The van der Waals surface area contributed by atoms with Gasteiger partial charge in [0.25, 0.3) is 11.8 Å². The molecule has 0 aliphatic heterocycles. The van der Waals surface area contributed by atoms with Crippen molar-refractivity contribution in [2.24, 2.45) is 0 Å². The molecular weight excluding hydrogens is 428 g/mol. The van der Waals surface area contributed by atoms with Gasteiger partial charge in [0.15, 0.2) is 6.61 Å². The number of ether oxygens (including phenoxy) is 1. The van der Waals surface area contributed by atoms with Gasteiger partial charge in [0.1, 0.15) is 0 Å². The summed E-state index contributed by atoms with van der Waals surface area (Å²) in [6.07, 6.45) is 0.716. The van der Waals surface area contributed by atoms with E-state index in [4.69, 9.17) is 4.74 Å². The van der Waals surface area contributed by atoms with E-state index < -0.39 is 5.97 Å². The van der Waals surface area contributed by atoms with Gasteiger partial charge in [0, 0.05) is 24.6 Å². The molecule has 0 aliphatic rings. The molecule has 3 aromatic rings. The van der Waals surface area contributed by atoms with E-state index in [1.165, 1.54) is 11.1 Å². The normalized spacial score (nSPS) is 10.5. The number of hydrogen-bond acceptors (Lipinski definition) is 4. The molecule has 6 nitrogen and oxygen atoms in total. The molecule has 0 atom stereocenters. The molecule has 0 radical (unpaired) electrons. The summed E-state index contributed by atoms with van der Waals surface area (Å²) >= 11 is 0. The van der Waals surface area contributed by atoms with Gasteiger partial charge < -0.3 is 15.4 Å². The Morgan fingerprint density at radius 2 is 1.35 bits per heavy atom. The van der Waals surface area contributed by atoms with E-state index in [-0.39, 0.29) is 37.3 Å².